The number of hydrogen-bond donors (Lipinski definition) is 2. The van der Waals surface area contributed by atoms with Crippen LogP contribution in [0.5, 0.6) is 11.5 Å². The fourth-order valence-electron chi connectivity index (χ4n) is 2.93. The summed E-state index contributed by atoms with van der Waals surface area (Å²) in [7, 11) is 0. The molecule has 1 atom stereocenters. The van der Waals surface area contributed by atoms with Crippen LogP contribution in [0.25, 0.3) is 5.57 Å². The van der Waals surface area contributed by atoms with E-state index in [2.05, 4.69) is 4.74 Å². The Kier molecular flexibility index (Phi) is 5.19. The highest BCUT2D eigenvalue weighted by molar-refractivity contribution is 5.90. The number of amides is 1. The topological polar surface area (TPSA) is 67.8 Å². The van der Waals surface area contributed by atoms with E-state index in [1.165, 1.54) is 24.3 Å². The van der Waals surface area contributed by atoms with Gasteiger partial charge in [0, 0.05) is 18.1 Å². The molecule has 0 aromatic heterocycles. The molecule has 0 fully saturated rings. The summed E-state index contributed by atoms with van der Waals surface area (Å²) in [5.41, 5.74) is -1.62. The van der Waals surface area contributed by atoms with Gasteiger partial charge in [0.2, 0.25) is 5.91 Å². The number of ether oxygens (including phenoxy) is 2. The van der Waals surface area contributed by atoms with Crippen LogP contribution in [0.1, 0.15) is 18.1 Å². The Labute approximate surface area is 165 Å². The van der Waals surface area contributed by atoms with Crippen molar-refractivity contribution in [2.45, 2.75) is 25.2 Å². The summed E-state index contributed by atoms with van der Waals surface area (Å²) in [5, 5.41) is 12.3. The molecule has 1 aliphatic heterocycles. The smallest absolute Gasteiger partial charge is 0.448 e. The van der Waals surface area contributed by atoms with Crippen LogP contribution in [0.2, 0.25) is 0 Å². The van der Waals surface area contributed by atoms with Crippen LogP contribution in [0.3, 0.4) is 0 Å². The number of carbonyl (C=O) groups is 1. The lowest BCUT2D eigenvalue weighted by Gasteiger charge is -2.38. The highest BCUT2D eigenvalue weighted by Crippen LogP contribution is 2.49. The monoisotopic (exact) mass is 433 g/mol. The largest absolute Gasteiger partial charge is 0.573 e. The quantitative estimate of drug-likeness (QED) is 0.715. The van der Waals surface area contributed by atoms with Crippen LogP contribution in [0, 0.1) is 0 Å². The first-order chi connectivity index (χ1) is 13.8. The molecular weight excluding hydrogens is 420 g/mol. The molecule has 30 heavy (non-hydrogen) atoms. The van der Waals surface area contributed by atoms with Crippen molar-refractivity contribution in [2.75, 3.05) is 0 Å². The Morgan fingerprint density at radius 3 is 2.23 bits per heavy atom. The third-order valence-electron chi connectivity index (χ3n) is 4.05. The molecule has 2 aromatic carbocycles. The lowest BCUT2D eigenvalue weighted by atomic mass is 9.89. The van der Waals surface area contributed by atoms with Gasteiger partial charge in [-0.15, -0.1) is 13.2 Å². The summed E-state index contributed by atoms with van der Waals surface area (Å²) in [6.45, 7) is 0.908. The minimum Gasteiger partial charge on any atom is -0.448 e. The Hall–Kier alpha value is -3.21. The lowest BCUT2D eigenvalue weighted by molar-refractivity contribution is -0.318. The minimum atomic E-state index is -5.40. The van der Waals surface area contributed by atoms with Gasteiger partial charge in [-0.1, -0.05) is 30.3 Å². The molecule has 160 valence electrons. The van der Waals surface area contributed by atoms with Gasteiger partial charge >= 0.3 is 18.3 Å². The van der Waals surface area contributed by atoms with Crippen molar-refractivity contribution in [3.8, 4) is 11.5 Å². The average Bonchev–Trinajstić information content (AvgIpc) is 2.61. The first-order valence-corrected chi connectivity index (χ1v) is 8.28. The molecule has 0 aliphatic carbocycles. The van der Waals surface area contributed by atoms with E-state index in [1.807, 2.05) is 5.32 Å². The third kappa shape index (κ3) is 4.06. The number of halogens is 6. The number of benzene rings is 2. The standard InChI is InChI=1S/C19H13F6NO4/c1-10(27)26-16-15(11-5-3-2-4-6-11)13-9-12(29-19(23,24)25)7-8-14(13)30-17(16,28)18(20,21)22/h2-9,28H,1H3,(H,26,27). The highest BCUT2D eigenvalue weighted by atomic mass is 19.4. The predicted octanol–water partition coefficient (Wildman–Crippen LogP) is 4.12. The van der Waals surface area contributed by atoms with Crippen LogP contribution in [-0.4, -0.2) is 29.3 Å². The van der Waals surface area contributed by atoms with Gasteiger partial charge in [-0.05, 0) is 23.8 Å². The number of fused-ring (bicyclic) bond motifs is 1. The number of alkyl halides is 6. The summed E-state index contributed by atoms with van der Waals surface area (Å²) < 4.78 is 87.8. The van der Waals surface area contributed by atoms with Crippen LogP contribution in [0.4, 0.5) is 26.3 Å². The second-order valence-corrected chi connectivity index (χ2v) is 6.25. The fraction of sp³-hybridized carbons (Fsp3) is 0.211. The maximum Gasteiger partial charge on any atom is 0.573 e. The van der Waals surface area contributed by atoms with E-state index in [0.717, 1.165) is 25.1 Å². The van der Waals surface area contributed by atoms with Gasteiger partial charge in [0.15, 0.2) is 0 Å². The SMILES string of the molecule is CC(=O)NC1=C(c2ccccc2)c2cc(OC(F)(F)F)ccc2OC1(O)C(F)(F)F. The summed E-state index contributed by atoms with van der Waals surface area (Å²) in [6, 6.07) is 9.57. The van der Waals surface area contributed by atoms with Crippen molar-refractivity contribution in [3.05, 3.63) is 65.4 Å². The number of nitrogens with one attached hydrogen (secondary N) is 1. The number of aliphatic hydroxyl groups is 1. The van der Waals surface area contributed by atoms with Crippen molar-refractivity contribution >= 4 is 11.5 Å². The Balaban J connectivity index is 2.34. The van der Waals surface area contributed by atoms with Crippen molar-refractivity contribution in [1.82, 2.24) is 5.32 Å². The molecule has 11 heteroatoms. The molecule has 2 N–H and O–H groups in total. The molecule has 2 aromatic rings. The van der Waals surface area contributed by atoms with Gasteiger partial charge in [-0.2, -0.15) is 13.2 Å². The van der Waals surface area contributed by atoms with E-state index in [4.69, 9.17) is 4.74 Å². The van der Waals surface area contributed by atoms with Gasteiger partial charge in [-0.25, -0.2) is 0 Å². The third-order valence-corrected chi connectivity index (χ3v) is 4.05. The first kappa shape index (κ1) is 21.5. The van der Waals surface area contributed by atoms with Gasteiger partial charge in [0.05, 0.1) is 0 Å². The van der Waals surface area contributed by atoms with E-state index in [0.29, 0.717) is 0 Å². The summed E-state index contributed by atoms with van der Waals surface area (Å²) in [5.74, 6) is -6.20. The zero-order valence-electron chi connectivity index (χ0n) is 15.1. The van der Waals surface area contributed by atoms with Crippen molar-refractivity contribution in [1.29, 1.82) is 0 Å². The van der Waals surface area contributed by atoms with E-state index >= 15 is 0 Å². The Morgan fingerprint density at radius 1 is 1.07 bits per heavy atom. The second-order valence-electron chi connectivity index (χ2n) is 6.25. The van der Waals surface area contributed by atoms with Crippen molar-refractivity contribution in [3.63, 3.8) is 0 Å². The minimum absolute atomic E-state index is 0.0811. The Morgan fingerprint density at radius 2 is 1.70 bits per heavy atom. The first-order valence-electron chi connectivity index (χ1n) is 8.28. The van der Waals surface area contributed by atoms with E-state index in [1.54, 1.807) is 6.07 Å². The number of carbonyl (C=O) groups excluding carboxylic acids is 1. The zero-order valence-corrected chi connectivity index (χ0v) is 15.1. The van der Waals surface area contributed by atoms with Crippen molar-refractivity contribution < 1.29 is 45.7 Å². The lowest BCUT2D eigenvalue weighted by Crippen LogP contribution is -2.57. The Bertz CT molecular complexity index is 1000. The normalized spacial score (nSPS) is 19.1. The molecule has 0 radical (unpaired) electrons. The highest BCUT2D eigenvalue weighted by Gasteiger charge is 2.63. The molecule has 0 spiro atoms. The molecule has 1 unspecified atom stereocenters. The van der Waals surface area contributed by atoms with Crippen molar-refractivity contribution in [2.24, 2.45) is 0 Å². The molecule has 5 nitrogen and oxygen atoms in total. The van der Waals surface area contributed by atoms with Crippen LogP contribution < -0.4 is 14.8 Å². The molecule has 1 aliphatic rings. The van der Waals surface area contributed by atoms with E-state index in [-0.39, 0.29) is 16.7 Å². The average molecular weight is 433 g/mol. The van der Waals surface area contributed by atoms with E-state index < -0.39 is 41.4 Å². The molecule has 3 rings (SSSR count). The van der Waals surface area contributed by atoms with Gasteiger partial charge in [0.25, 0.3) is 0 Å². The predicted molar refractivity (Wildman–Crippen MR) is 91.0 cm³/mol. The molecule has 0 saturated heterocycles. The second kappa shape index (κ2) is 7.24. The molecule has 1 heterocycles. The van der Waals surface area contributed by atoms with E-state index in [9.17, 15) is 36.2 Å². The summed E-state index contributed by atoms with van der Waals surface area (Å²) >= 11 is 0. The number of hydrogen-bond acceptors (Lipinski definition) is 4. The molecule has 0 bridgehead atoms. The zero-order chi connectivity index (χ0) is 22.3. The molecule has 0 saturated carbocycles. The maximum atomic E-state index is 13.8. The summed E-state index contributed by atoms with van der Waals surface area (Å²) in [6.07, 6.45) is -10.4. The molecule has 1 amide bonds. The van der Waals surface area contributed by atoms with Gasteiger partial charge in [-0.3, -0.25) is 4.79 Å². The van der Waals surface area contributed by atoms with Gasteiger partial charge in [0.1, 0.15) is 17.2 Å². The van der Waals surface area contributed by atoms with Crippen LogP contribution in [-0.2, 0) is 4.79 Å². The van der Waals surface area contributed by atoms with Gasteiger partial charge < -0.3 is 19.9 Å². The van der Waals surface area contributed by atoms with Crippen LogP contribution >= 0.6 is 0 Å². The number of rotatable bonds is 3. The van der Waals surface area contributed by atoms with Crippen LogP contribution in [0.15, 0.2) is 54.2 Å². The fourth-order valence-corrected chi connectivity index (χ4v) is 2.93. The molecular formula is C19H13F6NO4. The maximum absolute atomic E-state index is 13.8. The summed E-state index contributed by atoms with van der Waals surface area (Å²) in [4.78, 5) is 11.6.